The van der Waals surface area contributed by atoms with Crippen molar-refractivity contribution in [3.05, 3.63) is 95.2 Å². The number of carbonyl (C=O) groups is 1. The summed E-state index contributed by atoms with van der Waals surface area (Å²) in [6.07, 6.45) is 4.03. The van der Waals surface area contributed by atoms with Crippen molar-refractivity contribution in [1.29, 1.82) is 0 Å². The molecule has 4 N–H and O–H groups in total. The van der Waals surface area contributed by atoms with E-state index in [2.05, 4.69) is 4.98 Å². The van der Waals surface area contributed by atoms with Crippen LogP contribution in [0.4, 0.5) is 0 Å². The molecular formula is C24H20N2O2. The van der Waals surface area contributed by atoms with Crippen molar-refractivity contribution in [2.75, 3.05) is 0 Å². The van der Waals surface area contributed by atoms with Crippen molar-refractivity contribution in [3.63, 3.8) is 0 Å². The molecule has 0 radical (unpaired) electrons. The van der Waals surface area contributed by atoms with Crippen LogP contribution < -0.4 is 5.73 Å². The molecule has 0 amide bonds. The van der Waals surface area contributed by atoms with E-state index in [-0.39, 0.29) is 5.69 Å². The molecule has 0 saturated heterocycles. The molecule has 4 nitrogen and oxygen atoms in total. The lowest BCUT2D eigenvalue weighted by atomic mass is 9.95. The second-order valence-electron chi connectivity index (χ2n) is 6.58. The Balaban J connectivity index is 1.90. The number of nitrogens with one attached hydrogen (secondary N) is 1. The zero-order chi connectivity index (χ0) is 19.5. The average Bonchev–Trinajstić information content (AvgIpc) is 3.19. The van der Waals surface area contributed by atoms with Crippen molar-refractivity contribution in [2.45, 2.75) is 6.54 Å². The van der Waals surface area contributed by atoms with Crippen LogP contribution in [0.25, 0.3) is 34.2 Å². The molecule has 0 fully saturated rings. The van der Waals surface area contributed by atoms with Gasteiger partial charge in [0.2, 0.25) is 0 Å². The van der Waals surface area contributed by atoms with Gasteiger partial charge in [0.1, 0.15) is 5.69 Å². The number of carboxylic acid groups (broad SMARTS) is 1. The maximum atomic E-state index is 11.6. The van der Waals surface area contributed by atoms with Gasteiger partial charge >= 0.3 is 5.97 Å². The highest BCUT2D eigenvalue weighted by Crippen LogP contribution is 2.33. The number of aromatic nitrogens is 1. The van der Waals surface area contributed by atoms with E-state index in [1.54, 1.807) is 6.07 Å². The van der Waals surface area contributed by atoms with E-state index in [9.17, 15) is 9.90 Å². The smallest absolute Gasteiger partial charge is 0.352 e. The Hall–Kier alpha value is -3.63. The summed E-state index contributed by atoms with van der Waals surface area (Å²) in [6.45, 7) is 0.416. The predicted octanol–water partition coefficient (Wildman–Crippen LogP) is 5.16. The first-order valence-corrected chi connectivity index (χ1v) is 9.08. The van der Waals surface area contributed by atoms with Gasteiger partial charge in [-0.3, -0.25) is 0 Å². The van der Waals surface area contributed by atoms with Crippen LogP contribution in [0.1, 0.15) is 27.2 Å². The van der Waals surface area contributed by atoms with E-state index in [1.165, 1.54) is 0 Å². The van der Waals surface area contributed by atoms with Gasteiger partial charge < -0.3 is 15.8 Å². The monoisotopic (exact) mass is 368 g/mol. The van der Waals surface area contributed by atoms with Gasteiger partial charge in [-0.2, -0.15) is 0 Å². The van der Waals surface area contributed by atoms with E-state index in [4.69, 9.17) is 5.73 Å². The lowest BCUT2D eigenvalue weighted by Gasteiger charge is -2.10. The second kappa shape index (κ2) is 7.55. The average molecular weight is 368 g/mol. The quantitative estimate of drug-likeness (QED) is 0.426. The molecule has 0 aliphatic rings. The maximum absolute atomic E-state index is 11.6. The fourth-order valence-electron chi connectivity index (χ4n) is 3.44. The molecule has 1 aromatic heterocycles. The largest absolute Gasteiger partial charge is 0.477 e. The minimum Gasteiger partial charge on any atom is -0.477 e. The molecule has 0 aliphatic heterocycles. The standard InChI is InChI=1S/C24H20N2O2/c25-15-18-8-4-5-9-19(18)20-13-12-17(11-10-16-6-2-1-3-7-16)21-14-22(24(27)28)26-23(20)21/h1-14,26H,15,25H2,(H,27,28)/b11-10+. The zero-order valence-electron chi connectivity index (χ0n) is 15.2. The van der Waals surface area contributed by atoms with Crippen molar-refractivity contribution in [2.24, 2.45) is 5.73 Å². The number of aromatic amines is 1. The number of hydrogen-bond acceptors (Lipinski definition) is 2. The van der Waals surface area contributed by atoms with Crippen molar-refractivity contribution in [1.82, 2.24) is 4.98 Å². The normalized spacial score (nSPS) is 11.3. The number of benzene rings is 3. The molecule has 4 aromatic rings. The molecule has 4 rings (SSSR count). The van der Waals surface area contributed by atoms with Crippen LogP contribution in [0, 0.1) is 0 Å². The number of hydrogen-bond donors (Lipinski definition) is 3. The van der Waals surface area contributed by atoms with Gasteiger partial charge in [0, 0.05) is 17.5 Å². The van der Waals surface area contributed by atoms with E-state index < -0.39 is 5.97 Å². The Bertz CT molecular complexity index is 1170. The van der Waals surface area contributed by atoms with Gasteiger partial charge in [-0.25, -0.2) is 4.79 Å². The Labute approximate surface area is 163 Å². The third kappa shape index (κ3) is 3.33. The highest BCUT2D eigenvalue weighted by molar-refractivity contribution is 6.04. The van der Waals surface area contributed by atoms with Crippen molar-refractivity contribution < 1.29 is 9.90 Å². The Morgan fingerprint density at radius 2 is 1.68 bits per heavy atom. The maximum Gasteiger partial charge on any atom is 0.352 e. The lowest BCUT2D eigenvalue weighted by Crippen LogP contribution is -1.99. The lowest BCUT2D eigenvalue weighted by molar-refractivity contribution is 0.0691. The summed E-state index contributed by atoms with van der Waals surface area (Å²) in [4.78, 5) is 14.6. The van der Waals surface area contributed by atoms with E-state index >= 15 is 0 Å². The van der Waals surface area contributed by atoms with Gasteiger partial charge in [0.25, 0.3) is 0 Å². The van der Waals surface area contributed by atoms with Crippen LogP contribution in [-0.4, -0.2) is 16.1 Å². The number of fused-ring (bicyclic) bond motifs is 1. The van der Waals surface area contributed by atoms with Crippen LogP contribution in [-0.2, 0) is 6.54 Å². The minimum absolute atomic E-state index is 0.169. The van der Waals surface area contributed by atoms with E-state index in [1.807, 2.05) is 78.9 Å². The summed E-state index contributed by atoms with van der Waals surface area (Å²) < 4.78 is 0. The molecule has 1 heterocycles. The van der Waals surface area contributed by atoms with Crippen LogP contribution >= 0.6 is 0 Å². The number of carboxylic acids is 1. The fraction of sp³-hybridized carbons (Fsp3) is 0.0417. The predicted molar refractivity (Wildman–Crippen MR) is 114 cm³/mol. The van der Waals surface area contributed by atoms with Gasteiger partial charge in [0.05, 0.1) is 5.52 Å². The summed E-state index contributed by atoms with van der Waals surface area (Å²) in [5, 5.41) is 10.3. The van der Waals surface area contributed by atoms with Gasteiger partial charge in [-0.15, -0.1) is 0 Å². The zero-order valence-corrected chi connectivity index (χ0v) is 15.2. The molecule has 28 heavy (non-hydrogen) atoms. The van der Waals surface area contributed by atoms with Gasteiger partial charge in [-0.05, 0) is 28.3 Å². The topological polar surface area (TPSA) is 79.1 Å². The van der Waals surface area contributed by atoms with E-state index in [0.717, 1.165) is 38.7 Å². The van der Waals surface area contributed by atoms with Crippen molar-refractivity contribution in [3.8, 4) is 11.1 Å². The molecule has 0 saturated carbocycles. The fourth-order valence-corrected chi connectivity index (χ4v) is 3.44. The molecule has 0 unspecified atom stereocenters. The van der Waals surface area contributed by atoms with E-state index in [0.29, 0.717) is 6.54 Å². The highest BCUT2D eigenvalue weighted by atomic mass is 16.4. The summed E-state index contributed by atoms with van der Waals surface area (Å²) >= 11 is 0. The van der Waals surface area contributed by atoms with Crippen LogP contribution in [0.3, 0.4) is 0 Å². The Kier molecular flexibility index (Phi) is 4.79. The molecule has 0 bridgehead atoms. The third-order valence-corrected chi connectivity index (χ3v) is 4.84. The Morgan fingerprint density at radius 3 is 2.43 bits per heavy atom. The molecule has 138 valence electrons. The summed E-state index contributed by atoms with van der Waals surface area (Å²) in [5.74, 6) is -0.979. The summed E-state index contributed by atoms with van der Waals surface area (Å²) in [5.41, 5.74) is 11.9. The summed E-state index contributed by atoms with van der Waals surface area (Å²) in [6, 6.07) is 23.7. The first-order valence-electron chi connectivity index (χ1n) is 9.08. The third-order valence-electron chi connectivity index (χ3n) is 4.84. The molecular weight excluding hydrogens is 348 g/mol. The number of H-pyrrole nitrogens is 1. The molecule has 3 aromatic carbocycles. The molecule has 0 atom stereocenters. The number of nitrogens with two attached hydrogens (primary N) is 1. The second-order valence-corrected chi connectivity index (χ2v) is 6.58. The van der Waals surface area contributed by atoms with Crippen LogP contribution in [0.2, 0.25) is 0 Å². The molecule has 0 aliphatic carbocycles. The SMILES string of the molecule is NCc1ccccc1-c1ccc(/C=C/c2ccccc2)c2cc(C(=O)O)[nH]c12. The first-order chi connectivity index (χ1) is 13.7. The molecule has 4 heteroatoms. The van der Waals surface area contributed by atoms with Crippen molar-refractivity contribution >= 4 is 29.0 Å². The van der Waals surface area contributed by atoms with Crippen LogP contribution in [0.5, 0.6) is 0 Å². The van der Waals surface area contributed by atoms with Gasteiger partial charge in [-0.1, -0.05) is 78.9 Å². The Morgan fingerprint density at radius 1 is 0.929 bits per heavy atom. The first kappa shape index (κ1) is 17.8. The number of aromatic carboxylic acids is 1. The van der Waals surface area contributed by atoms with Crippen LogP contribution in [0.15, 0.2) is 72.8 Å². The number of rotatable bonds is 5. The minimum atomic E-state index is -0.979. The highest BCUT2D eigenvalue weighted by Gasteiger charge is 2.15. The molecule has 0 spiro atoms. The van der Waals surface area contributed by atoms with Gasteiger partial charge in [0.15, 0.2) is 0 Å². The summed E-state index contributed by atoms with van der Waals surface area (Å²) in [7, 11) is 0.